The Labute approximate surface area is 72.8 Å². The van der Waals surface area contributed by atoms with E-state index < -0.39 is 0 Å². The van der Waals surface area contributed by atoms with Gasteiger partial charge in [-0.25, -0.2) is 4.98 Å². The highest BCUT2D eigenvalue weighted by atomic mass is 15.2. The molecule has 66 valence electrons. The largest absolute Gasteiger partial charge is 0.353 e. The van der Waals surface area contributed by atoms with E-state index in [1.54, 1.807) is 0 Å². The number of nitrogens with zero attached hydrogens (tertiary/aromatic N) is 2. The molecule has 1 saturated carbocycles. The average Bonchev–Trinajstić information content (AvgIpc) is 2.78. The Balaban J connectivity index is 2.16. The highest BCUT2D eigenvalue weighted by Gasteiger charge is 2.22. The molecule has 2 rings (SSSR count). The highest BCUT2D eigenvalue weighted by molar-refractivity contribution is 5.32. The fraction of sp³-hybridized carbons (Fsp3) is 0.667. The molecule has 1 aromatic heterocycles. The van der Waals surface area contributed by atoms with Gasteiger partial charge in [-0.15, -0.1) is 0 Å². The Hall–Kier alpha value is -0.990. The molecule has 0 unspecified atom stereocenters. The van der Waals surface area contributed by atoms with Crippen LogP contribution in [0.3, 0.4) is 0 Å². The second-order valence-corrected chi connectivity index (χ2v) is 3.39. The molecule has 3 heteroatoms. The lowest BCUT2D eigenvalue weighted by Gasteiger charge is -2.07. The van der Waals surface area contributed by atoms with Crippen LogP contribution in [0.1, 0.15) is 25.5 Å². The first kappa shape index (κ1) is 7.65. The molecule has 1 heterocycles. The van der Waals surface area contributed by atoms with Gasteiger partial charge in [0.25, 0.3) is 0 Å². The third-order valence-electron chi connectivity index (χ3n) is 2.28. The third-order valence-corrected chi connectivity index (χ3v) is 2.28. The maximum Gasteiger partial charge on any atom is 0.203 e. The molecule has 1 fully saturated rings. The van der Waals surface area contributed by atoms with Crippen LogP contribution in [0, 0.1) is 6.92 Å². The summed E-state index contributed by atoms with van der Waals surface area (Å²) in [5.41, 5.74) is 1.24. The molecule has 0 radical (unpaired) electrons. The minimum absolute atomic E-state index is 0.692. The van der Waals surface area contributed by atoms with Crippen LogP contribution in [-0.2, 0) is 6.54 Å². The lowest BCUT2D eigenvalue weighted by atomic mass is 10.5. The molecule has 1 aliphatic carbocycles. The van der Waals surface area contributed by atoms with E-state index in [0.717, 1.165) is 12.5 Å². The van der Waals surface area contributed by atoms with Crippen molar-refractivity contribution in [2.75, 3.05) is 5.32 Å². The summed E-state index contributed by atoms with van der Waals surface area (Å²) in [5, 5.41) is 3.41. The summed E-state index contributed by atoms with van der Waals surface area (Å²) in [6, 6.07) is 0.692. The van der Waals surface area contributed by atoms with Crippen molar-refractivity contribution in [2.24, 2.45) is 0 Å². The molecule has 0 atom stereocenters. The van der Waals surface area contributed by atoms with Crippen molar-refractivity contribution in [2.45, 2.75) is 39.3 Å². The monoisotopic (exact) mass is 165 g/mol. The Morgan fingerprint density at radius 2 is 2.42 bits per heavy atom. The first-order valence-corrected chi connectivity index (χ1v) is 4.60. The molecule has 0 aliphatic heterocycles. The Kier molecular flexibility index (Phi) is 1.79. The Morgan fingerprint density at radius 1 is 1.67 bits per heavy atom. The minimum Gasteiger partial charge on any atom is -0.353 e. The van der Waals surface area contributed by atoms with Gasteiger partial charge in [0.1, 0.15) is 0 Å². The second kappa shape index (κ2) is 2.81. The van der Waals surface area contributed by atoms with Crippen molar-refractivity contribution in [3.63, 3.8) is 0 Å². The van der Waals surface area contributed by atoms with Crippen LogP contribution in [0.4, 0.5) is 5.95 Å². The summed E-state index contributed by atoms with van der Waals surface area (Å²) in [7, 11) is 0. The van der Waals surface area contributed by atoms with Gasteiger partial charge in [-0.3, -0.25) is 0 Å². The van der Waals surface area contributed by atoms with E-state index in [2.05, 4.69) is 28.7 Å². The topological polar surface area (TPSA) is 29.9 Å². The smallest absolute Gasteiger partial charge is 0.203 e. The van der Waals surface area contributed by atoms with Gasteiger partial charge < -0.3 is 9.88 Å². The van der Waals surface area contributed by atoms with Crippen molar-refractivity contribution >= 4 is 5.95 Å². The van der Waals surface area contributed by atoms with Crippen LogP contribution >= 0.6 is 0 Å². The summed E-state index contributed by atoms with van der Waals surface area (Å²) < 4.78 is 2.21. The van der Waals surface area contributed by atoms with Crippen LogP contribution in [-0.4, -0.2) is 15.6 Å². The molecule has 1 aromatic rings. The van der Waals surface area contributed by atoms with Gasteiger partial charge in [0, 0.05) is 18.3 Å². The summed E-state index contributed by atoms with van der Waals surface area (Å²) in [5.74, 6) is 1.04. The number of hydrogen-bond donors (Lipinski definition) is 1. The van der Waals surface area contributed by atoms with Gasteiger partial charge in [-0.1, -0.05) is 0 Å². The van der Waals surface area contributed by atoms with Crippen molar-refractivity contribution in [1.29, 1.82) is 0 Å². The predicted molar refractivity (Wildman–Crippen MR) is 49.3 cm³/mol. The summed E-state index contributed by atoms with van der Waals surface area (Å²) in [4.78, 5) is 4.32. The molecule has 0 spiro atoms. The second-order valence-electron chi connectivity index (χ2n) is 3.39. The zero-order valence-corrected chi connectivity index (χ0v) is 7.67. The lowest BCUT2D eigenvalue weighted by molar-refractivity contribution is 0.739. The van der Waals surface area contributed by atoms with Crippen molar-refractivity contribution in [3.8, 4) is 0 Å². The van der Waals surface area contributed by atoms with Gasteiger partial charge in [0.05, 0.1) is 6.20 Å². The molecule has 0 bridgehead atoms. The highest BCUT2D eigenvalue weighted by Crippen LogP contribution is 2.24. The number of hydrogen-bond acceptors (Lipinski definition) is 2. The molecule has 0 amide bonds. The van der Waals surface area contributed by atoms with Crippen LogP contribution < -0.4 is 5.32 Å². The van der Waals surface area contributed by atoms with Gasteiger partial charge in [0.15, 0.2) is 0 Å². The fourth-order valence-electron chi connectivity index (χ4n) is 1.39. The zero-order chi connectivity index (χ0) is 8.55. The van der Waals surface area contributed by atoms with E-state index in [-0.39, 0.29) is 0 Å². The molecule has 0 aromatic carbocycles. The maximum absolute atomic E-state index is 4.32. The SMILES string of the molecule is CCn1c(C)cnc1NC1CC1. The van der Waals surface area contributed by atoms with E-state index in [0.29, 0.717) is 6.04 Å². The standard InChI is InChI=1S/C9H15N3/c1-3-12-7(2)6-10-9(12)11-8-4-5-8/h6,8H,3-5H2,1-2H3,(H,10,11). The van der Waals surface area contributed by atoms with E-state index in [4.69, 9.17) is 0 Å². The summed E-state index contributed by atoms with van der Waals surface area (Å²) >= 11 is 0. The number of anilines is 1. The lowest BCUT2D eigenvalue weighted by Crippen LogP contribution is -2.09. The predicted octanol–water partition coefficient (Wildman–Crippen LogP) is 1.79. The first-order chi connectivity index (χ1) is 5.81. The molecule has 0 saturated heterocycles. The number of nitrogens with one attached hydrogen (secondary N) is 1. The molecule has 1 N–H and O–H groups in total. The maximum atomic E-state index is 4.32. The van der Waals surface area contributed by atoms with Crippen molar-refractivity contribution < 1.29 is 0 Å². The zero-order valence-electron chi connectivity index (χ0n) is 7.67. The van der Waals surface area contributed by atoms with Crippen LogP contribution in [0.2, 0.25) is 0 Å². The minimum atomic E-state index is 0.692. The average molecular weight is 165 g/mol. The first-order valence-electron chi connectivity index (χ1n) is 4.60. The molecule has 12 heavy (non-hydrogen) atoms. The van der Waals surface area contributed by atoms with E-state index in [1.165, 1.54) is 18.5 Å². The normalized spacial score (nSPS) is 16.5. The van der Waals surface area contributed by atoms with E-state index in [9.17, 15) is 0 Å². The van der Waals surface area contributed by atoms with Gasteiger partial charge >= 0.3 is 0 Å². The summed E-state index contributed by atoms with van der Waals surface area (Å²) in [6.45, 7) is 5.24. The Bertz CT molecular complexity index is 273. The van der Waals surface area contributed by atoms with Crippen molar-refractivity contribution in [1.82, 2.24) is 9.55 Å². The van der Waals surface area contributed by atoms with Crippen LogP contribution in [0.15, 0.2) is 6.20 Å². The fourth-order valence-corrected chi connectivity index (χ4v) is 1.39. The number of aromatic nitrogens is 2. The number of rotatable bonds is 3. The molecule has 3 nitrogen and oxygen atoms in total. The van der Waals surface area contributed by atoms with E-state index >= 15 is 0 Å². The van der Waals surface area contributed by atoms with Crippen molar-refractivity contribution in [3.05, 3.63) is 11.9 Å². The third kappa shape index (κ3) is 1.31. The van der Waals surface area contributed by atoms with Gasteiger partial charge in [0.2, 0.25) is 5.95 Å². The number of imidazole rings is 1. The quantitative estimate of drug-likeness (QED) is 0.740. The van der Waals surface area contributed by atoms with Gasteiger partial charge in [-0.05, 0) is 26.7 Å². The molecular formula is C9H15N3. The number of aryl methyl sites for hydroxylation is 1. The Morgan fingerprint density at radius 3 is 3.00 bits per heavy atom. The van der Waals surface area contributed by atoms with Crippen LogP contribution in [0.5, 0.6) is 0 Å². The molecular weight excluding hydrogens is 150 g/mol. The van der Waals surface area contributed by atoms with Crippen LogP contribution in [0.25, 0.3) is 0 Å². The van der Waals surface area contributed by atoms with Gasteiger partial charge in [-0.2, -0.15) is 0 Å². The molecule has 1 aliphatic rings. The van der Waals surface area contributed by atoms with E-state index in [1.807, 2.05) is 6.20 Å². The summed E-state index contributed by atoms with van der Waals surface area (Å²) in [6.07, 6.45) is 4.53.